The molecule has 1 N–H and O–H groups in total. The fraction of sp³-hybridized carbons (Fsp3) is 0.484. The van der Waals surface area contributed by atoms with Crippen LogP contribution < -0.4 is 15.0 Å². The van der Waals surface area contributed by atoms with E-state index in [2.05, 4.69) is 42.2 Å². The van der Waals surface area contributed by atoms with E-state index in [0.717, 1.165) is 26.1 Å². The van der Waals surface area contributed by atoms with Gasteiger partial charge in [0, 0.05) is 43.8 Å². The fourth-order valence-corrected chi connectivity index (χ4v) is 6.75. The molecular formula is C31H37FN6O2. The molecule has 2 aliphatic heterocycles. The molecule has 1 atom stereocenters. The number of hydrogen-bond acceptors (Lipinski definition) is 8. The highest BCUT2D eigenvalue weighted by Gasteiger charge is 2.39. The number of aldehydes is 1. The van der Waals surface area contributed by atoms with Crippen LogP contribution in [0.25, 0.3) is 0 Å². The van der Waals surface area contributed by atoms with Gasteiger partial charge in [0.1, 0.15) is 17.9 Å². The van der Waals surface area contributed by atoms with E-state index in [1.54, 1.807) is 6.20 Å². The molecule has 1 unspecified atom stereocenters. The minimum absolute atomic E-state index is 0.162. The zero-order chi connectivity index (χ0) is 27.4. The molecule has 210 valence electrons. The van der Waals surface area contributed by atoms with E-state index < -0.39 is 5.82 Å². The number of carbonyl (C=O) groups excluding carboxylic acids is 1. The molecule has 0 amide bonds. The first-order valence-corrected chi connectivity index (χ1v) is 14.5. The Labute approximate surface area is 235 Å². The van der Waals surface area contributed by atoms with Crippen molar-refractivity contribution in [2.45, 2.75) is 51.0 Å². The molecule has 1 aliphatic carbocycles. The third-order valence-corrected chi connectivity index (χ3v) is 9.09. The molecule has 3 aliphatic rings. The number of likely N-dealkylation sites (tertiary alicyclic amines) is 1. The van der Waals surface area contributed by atoms with Crippen LogP contribution in [0.4, 0.5) is 15.9 Å². The van der Waals surface area contributed by atoms with Gasteiger partial charge in [-0.15, -0.1) is 0 Å². The van der Waals surface area contributed by atoms with Gasteiger partial charge >= 0.3 is 0 Å². The predicted molar refractivity (Wildman–Crippen MR) is 152 cm³/mol. The van der Waals surface area contributed by atoms with Gasteiger partial charge in [-0.05, 0) is 99.7 Å². The molecule has 3 fully saturated rings. The third-order valence-electron chi connectivity index (χ3n) is 9.09. The third kappa shape index (κ3) is 6.09. The normalized spacial score (nSPS) is 21.4. The Bertz CT molecular complexity index is 1290. The number of anilines is 2. The maximum atomic E-state index is 13.6. The maximum Gasteiger partial charge on any atom is 0.188 e. The Kier molecular flexibility index (Phi) is 7.91. The number of nitrogens with one attached hydrogen (secondary N) is 1. The molecular weight excluding hydrogens is 507 g/mol. The van der Waals surface area contributed by atoms with Crippen LogP contribution in [0.5, 0.6) is 11.5 Å². The summed E-state index contributed by atoms with van der Waals surface area (Å²) in [6.07, 6.45) is 16.3. The van der Waals surface area contributed by atoms with E-state index in [9.17, 15) is 9.18 Å². The number of pyridine rings is 1. The SMILES string of the molecule is O=Cc1cc(F)ccc1Oc1cncnc1N1CCC(CN2CCC3(CCC(Nc4ccncc4)CC3)CC2)C1. The van der Waals surface area contributed by atoms with Crippen LogP contribution in [0.3, 0.4) is 0 Å². The van der Waals surface area contributed by atoms with Crippen molar-refractivity contribution in [1.82, 2.24) is 19.9 Å². The summed E-state index contributed by atoms with van der Waals surface area (Å²) >= 11 is 0. The van der Waals surface area contributed by atoms with E-state index in [4.69, 9.17) is 4.74 Å². The summed E-state index contributed by atoms with van der Waals surface area (Å²) < 4.78 is 19.6. The minimum Gasteiger partial charge on any atom is -0.451 e. The van der Waals surface area contributed by atoms with Gasteiger partial charge in [-0.25, -0.2) is 14.4 Å². The first kappa shape index (κ1) is 26.6. The average molecular weight is 545 g/mol. The second kappa shape index (κ2) is 11.9. The Balaban J connectivity index is 0.995. The monoisotopic (exact) mass is 544 g/mol. The molecule has 1 spiro atoms. The molecule has 2 saturated heterocycles. The molecule has 0 bridgehead atoms. The number of carbonyl (C=O) groups is 1. The summed E-state index contributed by atoms with van der Waals surface area (Å²) in [6.45, 7) is 5.26. The molecule has 6 rings (SSSR count). The Morgan fingerprint density at radius 2 is 1.80 bits per heavy atom. The standard InChI is InChI=1S/C31H37FN6O2/c32-25-1-2-28(24(17-25)21-39)40-29-18-34-22-35-30(29)38-14-7-23(20-38)19-37-15-10-31(11-16-37)8-3-26(4-9-31)36-27-5-12-33-13-6-27/h1-2,5-6,12-13,17-18,21-23,26H,3-4,7-11,14-16,19-20H2,(H,33,36). The lowest BCUT2D eigenvalue weighted by molar-refractivity contribution is 0.0584. The van der Waals surface area contributed by atoms with Crippen molar-refractivity contribution in [3.8, 4) is 11.5 Å². The lowest BCUT2D eigenvalue weighted by Gasteiger charge is -2.46. The van der Waals surface area contributed by atoms with Crippen LogP contribution in [-0.2, 0) is 0 Å². The van der Waals surface area contributed by atoms with E-state index in [1.165, 1.54) is 81.8 Å². The first-order chi connectivity index (χ1) is 19.6. The number of halogens is 1. The van der Waals surface area contributed by atoms with Crippen molar-refractivity contribution < 1.29 is 13.9 Å². The number of nitrogens with zero attached hydrogens (tertiary/aromatic N) is 5. The van der Waals surface area contributed by atoms with E-state index in [-0.39, 0.29) is 5.56 Å². The van der Waals surface area contributed by atoms with E-state index in [0.29, 0.717) is 41.0 Å². The number of benzene rings is 1. The zero-order valence-corrected chi connectivity index (χ0v) is 22.8. The highest BCUT2D eigenvalue weighted by molar-refractivity contribution is 5.79. The Morgan fingerprint density at radius 1 is 1.00 bits per heavy atom. The topological polar surface area (TPSA) is 83.5 Å². The summed E-state index contributed by atoms with van der Waals surface area (Å²) in [6, 6.07) is 8.60. The number of hydrogen-bond donors (Lipinski definition) is 1. The van der Waals surface area contributed by atoms with Crippen LogP contribution in [-0.4, -0.2) is 64.9 Å². The Morgan fingerprint density at radius 3 is 2.58 bits per heavy atom. The van der Waals surface area contributed by atoms with Crippen LogP contribution in [0.2, 0.25) is 0 Å². The molecule has 1 aromatic carbocycles. The van der Waals surface area contributed by atoms with Gasteiger partial charge in [0.05, 0.1) is 11.8 Å². The maximum absolute atomic E-state index is 13.6. The van der Waals surface area contributed by atoms with Crippen molar-refractivity contribution in [3.63, 3.8) is 0 Å². The van der Waals surface area contributed by atoms with Crippen LogP contribution in [0, 0.1) is 17.2 Å². The van der Waals surface area contributed by atoms with Crippen LogP contribution >= 0.6 is 0 Å². The van der Waals surface area contributed by atoms with Gasteiger partial charge in [0.25, 0.3) is 0 Å². The summed E-state index contributed by atoms with van der Waals surface area (Å²) in [7, 11) is 0. The van der Waals surface area contributed by atoms with Gasteiger partial charge in [-0.3, -0.25) is 9.78 Å². The molecule has 8 nitrogen and oxygen atoms in total. The van der Waals surface area contributed by atoms with Gasteiger partial charge in [-0.1, -0.05) is 0 Å². The van der Waals surface area contributed by atoms with E-state index >= 15 is 0 Å². The summed E-state index contributed by atoms with van der Waals surface area (Å²) in [5.74, 6) is 1.58. The van der Waals surface area contributed by atoms with Crippen molar-refractivity contribution >= 4 is 17.8 Å². The quantitative estimate of drug-likeness (QED) is 0.368. The molecule has 1 saturated carbocycles. The fourth-order valence-electron chi connectivity index (χ4n) is 6.75. The van der Waals surface area contributed by atoms with Gasteiger partial charge in [0.2, 0.25) is 0 Å². The Hall–Kier alpha value is -3.59. The second-order valence-corrected chi connectivity index (χ2v) is 11.7. The minimum atomic E-state index is -0.476. The van der Waals surface area contributed by atoms with Crippen molar-refractivity contribution in [1.29, 1.82) is 0 Å². The molecule has 0 radical (unpaired) electrons. The lowest BCUT2D eigenvalue weighted by atomic mass is 9.67. The highest BCUT2D eigenvalue weighted by Crippen LogP contribution is 2.45. The molecule has 3 aromatic rings. The lowest BCUT2D eigenvalue weighted by Crippen LogP contribution is -2.45. The summed E-state index contributed by atoms with van der Waals surface area (Å²) in [4.78, 5) is 29.1. The molecule has 9 heteroatoms. The van der Waals surface area contributed by atoms with Gasteiger partial charge in [-0.2, -0.15) is 0 Å². The van der Waals surface area contributed by atoms with Crippen LogP contribution in [0.15, 0.2) is 55.2 Å². The van der Waals surface area contributed by atoms with Gasteiger partial charge < -0.3 is 19.9 Å². The smallest absolute Gasteiger partial charge is 0.188 e. The van der Waals surface area contributed by atoms with Gasteiger partial charge in [0.15, 0.2) is 17.9 Å². The van der Waals surface area contributed by atoms with E-state index in [1.807, 2.05) is 12.4 Å². The average Bonchev–Trinajstić information content (AvgIpc) is 3.46. The first-order valence-electron chi connectivity index (χ1n) is 14.5. The molecule has 4 heterocycles. The molecule has 40 heavy (non-hydrogen) atoms. The number of rotatable bonds is 8. The predicted octanol–water partition coefficient (Wildman–Crippen LogP) is 5.58. The summed E-state index contributed by atoms with van der Waals surface area (Å²) in [5.41, 5.74) is 1.86. The largest absolute Gasteiger partial charge is 0.451 e. The van der Waals surface area contributed by atoms with Crippen LogP contribution in [0.1, 0.15) is 55.3 Å². The number of ether oxygens (including phenoxy) is 1. The number of aromatic nitrogens is 3. The van der Waals surface area contributed by atoms with Crippen molar-refractivity contribution in [2.24, 2.45) is 11.3 Å². The zero-order valence-electron chi connectivity index (χ0n) is 22.8. The van der Waals surface area contributed by atoms with Crippen molar-refractivity contribution in [3.05, 3.63) is 66.6 Å². The highest BCUT2D eigenvalue weighted by atomic mass is 19.1. The van der Waals surface area contributed by atoms with Crippen molar-refractivity contribution in [2.75, 3.05) is 42.9 Å². The number of piperidine rings is 1. The second-order valence-electron chi connectivity index (χ2n) is 11.7. The molecule has 2 aromatic heterocycles. The summed E-state index contributed by atoms with van der Waals surface area (Å²) in [5, 5.41) is 3.70.